The van der Waals surface area contributed by atoms with Gasteiger partial charge in [-0.05, 0) is 50.4 Å². The highest BCUT2D eigenvalue weighted by Gasteiger charge is 2.24. The summed E-state index contributed by atoms with van der Waals surface area (Å²) in [5.41, 5.74) is 1.25. The number of nitrogens with one attached hydrogen (secondary N) is 1. The van der Waals surface area contributed by atoms with E-state index in [1.807, 2.05) is 6.07 Å². The minimum absolute atomic E-state index is 0.00974. The van der Waals surface area contributed by atoms with Gasteiger partial charge in [-0.25, -0.2) is 0 Å². The second kappa shape index (κ2) is 7.24. The summed E-state index contributed by atoms with van der Waals surface area (Å²) in [6.45, 7) is 6.42. The Bertz CT molecular complexity index is 535. The number of rotatable bonds is 4. The van der Waals surface area contributed by atoms with Crippen LogP contribution in [0.15, 0.2) is 24.3 Å². The van der Waals surface area contributed by atoms with Gasteiger partial charge in [-0.3, -0.25) is 9.69 Å². The Labute approximate surface area is 126 Å². The van der Waals surface area contributed by atoms with E-state index in [1.54, 1.807) is 18.2 Å². The minimum Gasteiger partial charge on any atom is -0.326 e. The molecule has 1 heterocycles. The SMILES string of the molecule is CC1CCCN(CCC(=O)Nc2cccc(C#N)c2)C1C. The number of hydrogen-bond donors (Lipinski definition) is 1. The van der Waals surface area contributed by atoms with Crippen molar-refractivity contribution in [2.24, 2.45) is 5.92 Å². The summed E-state index contributed by atoms with van der Waals surface area (Å²) in [4.78, 5) is 14.4. The smallest absolute Gasteiger partial charge is 0.225 e. The molecule has 1 aromatic carbocycles. The molecule has 2 unspecified atom stereocenters. The van der Waals surface area contributed by atoms with Crippen LogP contribution in [-0.2, 0) is 4.79 Å². The third-order valence-corrected chi connectivity index (χ3v) is 4.41. The van der Waals surface area contributed by atoms with Crippen LogP contribution in [0.4, 0.5) is 5.69 Å². The van der Waals surface area contributed by atoms with E-state index in [4.69, 9.17) is 5.26 Å². The molecule has 1 aromatic rings. The van der Waals surface area contributed by atoms with Crippen LogP contribution in [0.1, 0.15) is 38.7 Å². The van der Waals surface area contributed by atoms with Crippen molar-refractivity contribution in [1.29, 1.82) is 5.26 Å². The second-order valence-electron chi connectivity index (χ2n) is 5.89. The summed E-state index contributed by atoms with van der Waals surface area (Å²) in [7, 11) is 0. The maximum Gasteiger partial charge on any atom is 0.225 e. The quantitative estimate of drug-likeness (QED) is 0.925. The fourth-order valence-electron chi connectivity index (χ4n) is 2.87. The Morgan fingerprint density at radius 2 is 2.29 bits per heavy atom. The number of benzene rings is 1. The van der Waals surface area contributed by atoms with Gasteiger partial charge >= 0.3 is 0 Å². The number of carbonyl (C=O) groups excluding carboxylic acids is 1. The third kappa shape index (κ3) is 4.30. The van der Waals surface area contributed by atoms with Crippen LogP contribution < -0.4 is 5.32 Å². The van der Waals surface area contributed by atoms with Gasteiger partial charge in [0.2, 0.25) is 5.91 Å². The van der Waals surface area contributed by atoms with Crippen molar-refractivity contribution in [3.8, 4) is 6.07 Å². The molecule has 0 radical (unpaired) electrons. The van der Waals surface area contributed by atoms with E-state index in [0.29, 0.717) is 29.6 Å². The lowest BCUT2D eigenvalue weighted by atomic mass is 9.92. The molecule has 1 N–H and O–H groups in total. The summed E-state index contributed by atoms with van der Waals surface area (Å²) >= 11 is 0. The largest absolute Gasteiger partial charge is 0.326 e. The van der Waals surface area contributed by atoms with Crippen LogP contribution in [0.25, 0.3) is 0 Å². The molecule has 4 nitrogen and oxygen atoms in total. The maximum absolute atomic E-state index is 12.0. The Hall–Kier alpha value is -1.86. The van der Waals surface area contributed by atoms with E-state index >= 15 is 0 Å². The highest BCUT2D eigenvalue weighted by molar-refractivity contribution is 5.90. The average molecular weight is 285 g/mol. The standard InChI is InChI=1S/C17H23N3O/c1-13-5-4-9-20(14(13)2)10-8-17(21)19-16-7-3-6-15(11-16)12-18/h3,6-7,11,13-14H,4-5,8-10H2,1-2H3,(H,19,21). The molecule has 2 atom stereocenters. The van der Waals surface area contributed by atoms with E-state index in [2.05, 4.69) is 30.1 Å². The van der Waals surface area contributed by atoms with Crippen molar-refractivity contribution < 1.29 is 4.79 Å². The lowest BCUT2D eigenvalue weighted by molar-refractivity contribution is -0.116. The van der Waals surface area contributed by atoms with Crippen LogP contribution in [0.2, 0.25) is 0 Å². The molecule has 1 aliphatic rings. The van der Waals surface area contributed by atoms with Crippen molar-refractivity contribution in [2.75, 3.05) is 18.4 Å². The van der Waals surface area contributed by atoms with Gasteiger partial charge in [-0.2, -0.15) is 5.26 Å². The molecule has 0 bridgehead atoms. The Balaban J connectivity index is 1.83. The number of piperidine rings is 1. The first kappa shape index (κ1) is 15.5. The zero-order valence-corrected chi connectivity index (χ0v) is 12.8. The van der Waals surface area contributed by atoms with Gasteiger partial charge in [0, 0.05) is 24.7 Å². The Kier molecular flexibility index (Phi) is 5.35. The predicted molar refractivity (Wildman–Crippen MR) is 83.8 cm³/mol. The van der Waals surface area contributed by atoms with E-state index in [-0.39, 0.29) is 5.91 Å². The van der Waals surface area contributed by atoms with Gasteiger partial charge in [-0.1, -0.05) is 13.0 Å². The minimum atomic E-state index is 0.00974. The zero-order valence-electron chi connectivity index (χ0n) is 12.8. The van der Waals surface area contributed by atoms with E-state index in [9.17, 15) is 4.79 Å². The molecule has 4 heteroatoms. The molecule has 0 saturated carbocycles. The van der Waals surface area contributed by atoms with Crippen LogP contribution in [-0.4, -0.2) is 29.9 Å². The molecule has 1 saturated heterocycles. The molecule has 112 valence electrons. The molecule has 0 aromatic heterocycles. The van der Waals surface area contributed by atoms with Crippen LogP contribution >= 0.6 is 0 Å². The van der Waals surface area contributed by atoms with E-state index in [0.717, 1.165) is 13.1 Å². The van der Waals surface area contributed by atoms with Gasteiger partial charge < -0.3 is 5.32 Å². The van der Waals surface area contributed by atoms with Crippen LogP contribution in [0.5, 0.6) is 0 Å². The molecular weight excluding hydrogens is 262 g/mol. The number of anilines is 1. The number of carbonyl (C=O) groups is 1. The number of nitriles is 1. The Morgan fingerprint density at radius 3 is 3.05 bits per heavy atom. The van der Waals surface area contributed by atoms with Crippen molar-refractivity contribution in [2.45, 2.75) is 39.2 Å². The van der Waals surface area contributed by atoms with E-state index < -0.39 is 0 Å². The molecule has 0 spiro atoms. The molecule has 0 aliphatic carbocycles. The van der Waals surface area contributed by atoms with Gasteiger partial charge in [0.05, 0.1) is 11.6 Å². The fourth-order valence-corrected chi connectivity index (χ4v) is 2.87. The predicted octanol–water partition coefficient (Wildman–Crippen LogP) is 3.01. The van der Waals surface area contributed by atoms with Gasteiger partial charge in [0.25, 0.3) is 0 Å². The van der Waals surface area contributed by atoms with Gasteiger partial charge in [-0.15, -0.1) is 0 Å². The topological polar surface area (TPSA) is 56.1 Å². The molecular formula is C17H23N3O. The average Bonchev–Trinajstić information content (AvgIpc) is 2.49. The van der Waals surface area contributed by atoms with Crippen molar-refractivity contribution >= 4 is 11.6 Å². The summed E-state index contributed by atoms with van der Waals surface area (Å²) in [5.74, 6) is 0.713. The fraction of sp³-hybridized carbons (Fsp3) is 0.529. The lowest BCUT2D eigenvalue weighted by Crippen LogP contribution is -2.43. The maximum atomic E-state index is 12.0. The van der Waals surface area contributed by atoms with Crippen molar-refractivity contribution in [3.05, 3.63) is 29.8 Å². The van der Waals surface area contributed by atoms with Crippen LogP contribution in [0, 0.1) is 17.2 Å². The number of nitrogens with zero attached hydrogens (tertiary/aromatic N) is 2. The summed E-state index contributed by atoms with van der Waals surface area (Å²) < 4.78 is 0. The first-order valence-electron chi connectivity index (χ1n) is 7.64. The van der Waals surface area contributed by atoms with Gasteiger partial charge in [0.1, 0.15) is 0 Å². The van der Waals surface area contributed by atoms with Crippen LogP contribution in [0.3, 0.4) is 0 Å². The molecule has 21 heavy (non-hydrogen) atoms. The second-order valence-corrected chi connectivity index (χ2v) is 5.89. The Morgan fingerprint density at radius 1 is 1.48 bits per heavy atom. The molecule has 2 rings (SSSR count). The summed E-state index contributed by atoms with van der Waals surface area (Å²) in [6, 6.07) is 9.64. The van der Waals surface area contributed by atoms with Gasteiger partial charge in [0.15, 0.2) is 0 Å². The molecule has 1 amide bonds. The summed E-state index contributed by atoms with van der Waals surface area (Å²) in [6.07, 6.45) is 3.00. The number of hydrogen-bond acceptors (Lipinski definition) is 3. The summed E-state index contributed by atoms with van der Waals surface area (Å²) in [5, 5.41) is 11.7. The highest BCUT2D eigenvalue weighted by atomic mass is 16.1. The van der Waals surface area contributed by atoms with Crippen molar-refractivity contribution in [1.82, 2.24) is 4.90 Å². The first-order chi connectivity index (χ1) is 10.1. The van der Waals surface area contributed by atoms with E-state index in [1.165, 1.54) is 12.8 Å². The zero-order chi connectivity index (χ0) is 15.2. The molecule has 1 aliphatic heterocycles. The van der Waals surface area contributed by atoms with Crippen molar-refractivity contribution in [3.63, 3.8) is 0 Å². The number of likely N-dealkylation sites (tertiary alicyclic amines) is 1. The first-order valence-corrected chi connectivity index (χ1v) is 7.64. The normalized spacial score (nSPS) is 22.5. The number of amides is 1. The third-order valence-electron chi connectivity index (χ3n) is 4.41. The highest BCUT2D eigenvalue weighted by Crippen LogP contribution is 2.22. The monoisotopic (exact) mass is 285 g/mol. The molecule has 1 fully saturated rings. The lowest BCUT2D eigenvalue weighted by Gasteiger charge is -2.37.